The van der Waals surface area contributed by atoms with Crippen LogP contribution in [-0.4, -0.2) is 17.1 Å². The van der Waals surface area contributed by atoms with Gasteiger partial charge in [0.15, 0.2) is 12.4 Å². The standard InChI is InChI=1S/C9H14N.C6H13NO2/c1-2-3-7-10-8-5-4-6-9-10;1-3-4(2)5(7)6(8)9/h4-6,8-9H,2-3,7H2,1H3;4-5H,3,7H2,1-2H3,(H,8,9)/q+1;/t;4-,5-/m.0/s1. The largest absolute Gasteiger partial charge is 0.480 e. The molecule has 0 saturated heterocycles. The minimum absolute atomic E-state index is 0.0718. The summed E-state index contributed by atoms with van der Waals surface area (Å²) < 4.78 is 2.21. The SMILES string of the molecule is CCCC[n+]1ccccc1.CC[C@H](C)[C@H](N)C(=O)O. The van der Waals surface area contributed by atoms with Gasteiger partial charge in [0.1, 0.15) is 12.6 Å². The van der Waals surface area contributed by atoms with Crippen molar-refractivity contribution in [3.05, 3.63) is 30.6 Å². The van der Waals surface area contributed by atoms with Crippen molar-refractivity contribution in [1.82, 2.24) is 0 Å². The van der Waals surface area contributed by atoms with Crippen molar-refractivity contribution < 1.29 is 14.5 Å². The predicted octanol–water partition coefficient (Wildman–Crippen LogP) is 2.22. The van der Waals surface area contributed by atoms with Gasteiger partial charge in [0.2, 0.25) is 0 Å². The highest BCUT2D eigenvalue weighted by Gasteiger charge is 2.17. The van der Waals surface area contributed by atoms with Crippen molar-refractivity contribution in [1.29, 1.82) is 0 Å². The normalized spacial score (nSPS) is 13.1. The summed E-state index contributed by atoms with van der Waals surface area (Å²) >= 11 is 0. The monoisotopic (exact) mass is 267 g/mol. The van der Waals surface area contributed by atoms with Gasteiger partial charge < -0.3 is 10.8 Å². The number of pyridine rings is 1. The highest BCUT2D eigenvalue weighted by atomic mass is 16.4. The number of aromatic nitrogens is 1. The van der Waals surface area contributed by atoms with Gasteiger partial charge in [-0.05, 0) is 5.92 Å². The molecule has 3 N–H and O–H groups in total. The minimum Gasteiger partial charge on any atom is -0.480 e. The molecule has 108 valence electrons. The first-order chi connectivity index (χ1) is 9.02. The molecule has 1 heterocycles. The summed E-state index contributed by atoms with van der Waals surface area (Å²) in [6, 6.07) is 5.48. The lowest BCUT2D eigenvalue weighted by molar-refractivity contribution is -0.697. The average molecular weight is 267 g/mol. The fourth-order valence-electron chi connectivity index (χ4n) is 1.42. The van der Waals surface area contributed by atoms with Crippen molar-refractivity contribution in [2.75, 3.05) is 0 Å². The maximum atomic E-state index is 10.2. The zero-order valence-electron chi connectivity index (χ0n) is 12.2. The number of unbranched alkanes of at least 4 members (excludes halogenated alkanes) is 1. The van der Waals surface area contributed by atoms with E-state index in [-0.39, 0.29) is 5.92 Å². The fourth-order valence-corrected chi connectivity index (χ4v) is 1.42. The van der Waals surface area contributed by atoms with E-state index in [4.69, 9.17) is 10.8 Å². The molecule has 0 fully saturated rings. The molecule has 4 heteroatoms. The second kappa shape index (κ2) is 10.5. The molecule has 0 spiro atoms. The summed E-state index contributed by atoms with van der Waals surface area (Å²) in [5, 5.41) is 8.36. The van der Waals surface area contributed by atoms with E-state index < -0.39 is 12.0 Å². The topological polar surface area (TPSA) is 67.2 Å². The fraction of sp³-hybridized carbons (Fsp3) is 0.600. The van der Waals surface area contributed by atoms with E-state index in [2.05, 4.69) is 36.0 Å². The molecule has 1 rings (SSSR count). The lowest BCUT2D eigenvalue weighted by atomic mass is 10.0. The first-order valence-electron chi connectivity index (χ1n) is 6.95. The van der Waals surface area contributed by atoms with Crippen LogP contribution in [0.5, 0.6) is 0 Å². The van der Waals surface area contributed by atoms with Crippen LogP contribution < -0.4 is 10.3 Å². The van der Waals surface area contributed by atoms with E-state index in [1.54, 1.807) is 0 Å². The molecular weight excluding hydrogens is 240 g/mol. The van der Waals surface area contributed by atoms with Crippen LogP contribution in [0.4, 0.5) is 0 Å². The van der Waals surface area contributed by atoms with E-state index in [0.29, 0.717) is 0 Å². The van der Waals surface area contributed by atoms with E-state index >= 15 is 0 Å². The van der Waals surface area contributed by atoms with Gasteiger partial charge >= 0.3 is 5.97 Å². The van der Waals surface area contributed by atoms with E-state index in [1.165, 1.54) is 12.8 Å². The van der Waals surface area contributed by atoms with Gasteiger partial charge in [0.05, 0.1) is 0 Å². The van der Waals surface area contributed by atoms with E-state index in [9.17, 15) is 4.79 Å². The Bertz CT molecular complexity index is 341. The highest BCUT2D eigenvalue weighted by molar-refractivity contribution is 5.73. The molecule has 0 bridgehead atoms. The molecule has 19 heavy (non-hydrogen) atoms. The van der Waals surface area contributed by atoms with Crippen LogP contribution in [0.3, 0.4) is 0 Å². The Kier molecular flexibility index (Phi) is 9.71. The minimum atomic E-state index is -0.913. The summed E-state index contributed by atoms with van der Waals surface area (Å²) in [6.45, 7) is 7.12. The predicted molar refractivity (Wildman–Crippen MR) is 76.6 cm³/mol. The summed E-state index contributed by atoms with van der Waals surface area (Å²) in [5.74, 6) is -0.841. The number of carboxylic acid groups (broad SMARTS) is 1. The van der Waals surface area contributed by atoms with Crippen LogP contribution in [0.15, 0.2) is 30.6 Å². The van der Waals surface area contributed by atoms with Gasteiger partial charge in [-0.2, -0.15) is 0 Å². The Morgan fingerprint density at radius 2 is 1.84 bits per heavy atom. The van der Waals surface area contributed by atoms with Gasteiger partial charge in [-0.3, -0.25) is 4.79 Å². The maximum absolute atomic E-state index is 10.2. The van der Waals surface area contributed by atoms with Crippen LogP contribution >= 0.6 is 0 Å². The second-order valence-electron chi connectivity index (χ2n) is 4.72. The number of carbonyl (C=O) groups is 1. The van der Waals surface area contributed by atoms with Gasteiger partial charge in [0, 0.05) is 18.6 Å². The number of rotatable bonds is 6. The van der Waals surface area contributed by atoms with Gasteiger partial charge in [-0.15, -0.1) is 0 Å². The average Bonchev–Trinajstić information content (AvgIpc) is 2.45. The van der Waals surface area contributed by atoms with Gasteiger partial charge in [-0.25, -0.2) is 4.57 Å². The third-order valence-electron chi connectivity index (χ3n) is 3.09. The molecule has 0 aliphatic rings. The van der Waals surface area contributed by atoms with Crippen LogP contribution in [0.25, 0.3) is 0 Å². The van der Waals surface area contributed by atoms with Gasteiger partial charge in [-0.1, -0.05) is 39.7 Å². The van der Waals surface area contributed by atoms with E-state index in [1.807, 2.05) is 19.9 Å². The van der Waals surface area contributed by atoms with Crippen LogP contribution in [0.1, 0.15) is 40.0 Å². The van der Waals surface area contributed by atoms with E-state index in [0.717, 1.165) is 13.0 Å². The molecular formula is C15H27N2O2+. The Balaban J connectivity index is 0.000000344. The smallest absolute Gasteiger partial charge is 0.320 e. The van der Waals surface area contributed by atoms with Gasteiger partial charge in [0.25, 0.3) is 0 Å². The molecule has 0 radical (unpaired) electrons. The number of aryl methyl sites for hydroxylation is 1. The third-order valence-corrected chi connectivity index (χ3v) is 3.09. The molecule has 0 amide bonds. The molecule has 2 atom stereocenters. The summed E-state index contributed by atoms with van der Waals surface area (Å²) in [4.78, 5) is 10.2. The van der Waals surface area contributed by atoms with Crippen molar-refractivity contribution in [2.45, 2.75) is 52.6 Å². The first-order valence-corrected chi connectivity index (χ1v) is 6.95. The molecule has 0 aliphatic carbocycles. The third kappa shape index (κ3) is 8.32. The maximum Gasteiger partial charge on any atom is 0.320 e. The van der Waals surface area contributed by atoms with Crippen LogP contribution in [-0.2, 0) is 11.3 Å². The molecule has 0 saturated carbocycles. The molecule has 1 aromatic heterocycles. The summed E-state index contributed by atoms with van der Waals surface area (Å²) in [7, 11) is 0. The quantitative estimate of drug-likeness (QED) is 0.777. The zero-order valence-corrected chi connectivity index (χ0v) is 12.2. The Morgan fingerprint density at radius 1 is 1.26 bits per heavy atom. The number of carboxylic acids is 1. The van der Waals surface area contributed by atoms with Crippen LogP contribution in [0, 0.1) is 5.92 Å². The molecule has 1 aromatic rings. The molecule has 0 aromatic carbocycles. The number of hydrogen-bond donors (Lipinski definition) is 2. The highest BCUT2D eigenvalue weighted by Crippen LogP contribution is 2.04. The van der Waals surface area contributed by atoms with Crippen molar-refractivity contribution in [3.8, 4) is 0 Å². The second-order valence-corrected chi connectivity index (χ2v) is 4.72. The zero-order chi connectivity index (χ0) is 14.7. The lowest BCUT2D eigenvalue weighted by Crippen LogP contribution is -2.36. The lowest BCUT2D eigenvalue weighted by Gasteiger charge is -2.11. The molecule has 0 aliphatic heterocycles. The number of nitrogens with two attached hydrogens (primary N) is 1. The van der Waals surface area contributed by atoms with Crippen molar-refractivity contribution in [3.63, 3.8) is 0 Å². The summed E-state index contributed by atoms with van der Waals surface area (Å²) in [6.07, 6.45) is 7.56. The van der Waals surface area contributed by atoms with Crippen molar-refractivity contribution in [2.24, 2.45) is 11.7 Å². The number of aliphatic carboxylic acids is 1. The Hall–Kier alpha value is -1.42. The number of nitrogens with zero attached hydrogens (tertiary/aromatic N) is 1. The molecule has 0 unspecified atom stereocenters. The molecule has 4 nitrogen and oxygen atoms in total. The first kappa shape index (κ1) is 17.6. The Morgan fingerprint density at radius 3 is 2.21 bits per heavy atom. The van der Waals surface area contributed by atoms with Crippen molar-refractivity contribution >= 4 is 5.97 Å². The summed E-state index contributed by atoms with van der Waals surface area (Å²) in [5.41, 5.74) is 5.27. The van der Waals surface area contributed by atoms with Crippen LogP contribution in [0.2, 0.25) is 0 Å². The Labute approximate surface area is 116 Å². The number of hydrogen-bond acceptors (Lipinski definition) is 2.